The molecule has 2 heterocycles. The number of hydrogen-bond acceptors (Lipinski definition) is 4. The average Bonchev–Trinajstić information content (AvgIpc) is 3.09. The van der Waals surface area contributed by atoms with Crippen LogP contribution in [0.2, 0.25) is 0 Å². The van der Waals surface area contributed by atoms with Gasteiger partial charge in [-0.25, -0.2) is 0 Å². The molecular weight excluding hydrogens is 292 g/mol. The van der Waals surface area contributed by atoms with E-state index in [0.29, 0.717) is 18.8 Å². The maximum Gasteiger partial charge on any atom is 0.225 e. The van der Waals surface area contributed by atoms with Crippen molar-refractivity contribution in [1.82, 2.24) is 15.1 Å². The highest BCUT2D eigenvalue weighted by atomic mass is 35.5. The molecule has 1 aliphatic heterocycles. The lowest BCUT2D eigenvalue weighted by Gasteiger charge is -2.33. The number of rotatable bonds is 2. The summed E-state index contributed by atoms with van der Waals surface area (Å²) in [5, 5.41) is 16.7. The first-order valence-corrected chi connectivity index (χ1v) is 7.37. The second kappa shape index (κ2) is 6.77. The minimum atomic E-state index is -0.522. The molecule has 0 spiro atoms. The first kappa shape index (κ1) is 16.3. The number of nitrogens with zero attached hydrogens (tertiary/aromatic N) is 2. The molecule has 1 saturated carbocycles. The number of aromatic amines is 1. The topological polar surface area (TPSA) is 95.2 Å². The Hall–Kier alpha value is -1.11. The van der Waals surface area contributed by atoms with Crippen LogP contribution < -0.4 is 5.73 Å². The minimum Gasteiger partial charge on any atom is -0.391 e. The number of carbonyl (C=O) groups excluding carboxylic acids is 1. The number of halogens is 1. The molecule has 1 saturated heterocycles. The summed E-state index contributed by atoms with van der Waals surface area (Å²) in [6.07, 6.45) is 4.31. The van der Waals surface area contributed by atoms with E-state index in [1.54, 1.807) is 6.20 Å². The molecule has 2 fully saturated rings. The molecule has 1 amide bonds. The Labute approximate surface area is 130 Å². The summed E-state index contributed by atoms with van der Waals surface area (Å²) >= 11 is 0. The molecule has 21 heavy (non-hydrogen) atoms. The van der Waals surface area contributed by atoms with Gasteiger partial charge in [-0.1, -0.05) is 0 Å². The highest BCUT2D eigenvalue weighted by molar-refractivity contribution is 5.85. The summed E-state index contributed by atoms with van der Waals surface area (Å²) < 4.78 is 0. The van der Waals surface area contributed by atoms with Crippen molar-refractivity contribution in [3.63, 3.8) is 0 Å². The average molecular weight is 315 g/mol. The Balaban J connectivity index is 0.00000161. The number of hydrogen-bond donors (Lipinski definition) is 3. The first-order chi connectivity index (χ1) is 9.65. The van der Waals surface area contributed by atoms with Gasteiger partial charge >= 0.3 is 0 Å². The molecule has 0 unspecified atom stereocenters. The van der Waals surface area contributed by atoms with Crippen molar-refractivity contribution in [2.75, 3.05) is 13.1 Å². The number of piperidine rings is 1. The molecular formula is C14H23ClN4O2. The van der Waals surface area contributed by atoms with Gasteiger partial charge < -0.3 is 15.7 Å². The molecule has 1 aromatic heterocycles. The van der Waals surface area contributed by atoms with E-state index in [0.717, 1.165) is 31.6 Å². The summed E-state index contributed by atoms with van der Waals surface area (Å²) in [5.41, 5.74) is 6.95. The smallest absolute Gasteiger partial charge is 0.225 e. The fourth-order valence-electron chi connectivity index (χ4n) is 3.41. The third-order valence-electron chi connectivity index (χ3n) is 4.69. The van der Waals surface area contributed by atoms with Crippen molar-refractivity contribution in [3.05, 3.63) is 18.0 Å². The zero-order valence-electron chi connectivity index (χ0n) is 11.9. The molecule has 4 N–H and O–H groups in total. The predicted octanol–water partition coefficient (Wildman–Crippen LogP) is 0.636. The van der Waals surface area contributed by atoms with Crippen LogP contribution in [0.4, 0.5) is 0 Å². The van der Waals surface area contributed by atoms with E-state index in [9.17, 15) is 9.90 Å². The van der Waals surface area contributed by atoms with Gasteiger partial charge in [0.25, 0.3) is 0 Å². The van der Waals surface area contributed by atoms with Crippen molar-refractivity contribution in [1.29, 1.82) is 0 Å². The number of aliphatic hydroxyl groups excluding tert-OH is 1. The summed E-state index contributed by atoms with van der Waals surface area (Å²) in [4.78, 5) is 14.4. The van der Waals surface area contributed by atoms with E-state index in [-0.39, 0.29) is 30.3 Å². The van der Waals surface area contributed by atoms with Crippen LogP contribution in [0, 0.1) is 5.92 Å². The van der Waals surface area contributed by atoms with E-state index in [1.165, 1.54) is 0 Å². The van der Waals surface area contributed by atoms with Crippen molar-refractivity contribution in [2.45, 2.75) is 43.7 Å². The highest BCUT2D eigenvalue weighted by Gasteiger charge is 2.37. The van der Waals surface area contributed by atoms with E-state index in [1.807, 2.05) is 11.0 Å². The molecule has 6 nitrogen and oxygen atoms in total. The zero-order chi connectivity index (χ0) is 14.1. The highest BCUT2D eigenvalue weighted by Crippen LogP contribution is 2.30. The monoisotopic (exact) mass is 314 g/mol. The number of amides is 1. The maximum absolute atomic E-state index is 12.4. The van der Waals surface area contributed by atoms with Crippen LogP contribution in [0.5, 0.6) is 0 Å². The van der Waals surface area contributed by atoms with Crippen molar-refractivity contribution < 1.29 is 9.90 Å². The second-order valence-electron chi connectivity index (χ2n) is 6.01. The van der Waals surface area contributed by atoms with Gasteiger partial charge in [0.05, 0.1) is 6.10 Å². The van der Waals surface area contributed by atoms with Gasteiger partial charge in [-0.15, -0.1) is 12.4 Å². The molecule has 7 heteroatoms. The van der Waals surface area contributed by atoms with E-state index >= 15 is 0 Å². The van der Waals surface area contributed by atoms with Crippen LogP contribution in [0.25, 0.3) is 0 Å². The first-order valence-electron chi connectivity index (χ1n) is 7.37. The van der Waals surface area contributed by atoms with Crippen LogP contribution in [0.15, 0.2) is 12.3 Å². The molecule has 1 aliphatic carbocycles. The maximum atomic E-state index is 12.4. The largest absolute Gasteiger partial charge is 0.391 e. The fourth-order valence-corrected chi connectivity index (χ4v) is 3.41. The Morgan fingerprint density at radius 1 is 1.38 bits per heavy atom. The molecule has 1 aromatic rings. The van der Waals surface area contributed by atoms with Crippen LogP contribution in [-0.4, -0.2) is 51.3 Å². The number of nitrogens with two attached hydrogens (primary N) is 1. The Morgan fingerprint density at radius 2 is 2.10 bits per heavy atom. The van der Waals surface area contributed by atoms with Gasteiger partial charge in [-0.05, 0) is 31.7 Å². The van der Waals surface area contributed by atoms with Crippen molar-refractivity contribution in [2.24, 2.45) is 11.7 Å². The van der Waals surface area contributed by atoms with Gasteiger partial charge in [-0.3, -0.25) is 9.89 Å². The van der Waals surface area contributed by atoms with Gasteiger partial charge in [0.1, 0.15) is 0 Å². The molecule has 3 rings (SSSR count). The number of aromatic nitrogens is 2. The number of aliphatic hydroxyl groups is 1. The Kier molecular flexibility index (Phi) is 5.24. The number of likely N-dealkylation sites (tertiary alicyclic amines) is 1. The quantitative estimate of drug-likeness (QED) is 0.746. The molecule has 0 radical (unpaired) electrons. The van der Waals surface area contributed by atoms with Crippen LogP contribution in [-0.2, 0) is 4.79 Å². The Bertz CT molecular complexity index is 450. The molecule has 118 valence electrons. The van der Waals surface area contributed by atoms with Gasteiger partial charge in [-0.2, -0.15) is 5.10 Å². The molecule has 0 aromatic carbocycles. The van der Waals surface area contributed by atoms with Gasteiger partial charge in [0.15, 0.2) is 0 Å². The van der Waals surface area contributed by atoms with Crippen molar-refractivity contribution >= 4 is 18.3 Å². The normalized spacial score (nSPS) is 30.2. The van der Waals surface area contributed by atoms with Crippen LogP contribution in [0.3, 0.4) is 0 Å². The van der Waals surface area contributed by atoms with Crippen LogP contribution >= 0.6 is 12.4 Å². The fraction of sp³-hybridized carbons (Fsp3) is 0.714. The number of nitrogens with one attached hydrogen (secondary N) is 1. The summed E-state index contributed by atoms with van der Waals surface area (Å²) in [7, 11) is 0. The standard InChI is InChI=1S/C14H22N4O2.ClH/c15-11-7-10(8-13(11)19)14(20)18-5-2-9(3-6-18)12-1-4-16-17-12;/h1,4,9-11,13,19H,2-3,5-8,15H2,(H,16,17);1H/t10-,11-,13-;/m0./s1. The molecule has 0 bridgehead atoms. The lowest BCUT2D eigenvalue weighted by molar-refractivity contribution is -0.136. The second-order valence-corrected chi connectivity index (χ2v) is 6.01. The third-order valence-corrected chi connectivity index (χ3v) is 4.69. The van der Waals surface area contributed by atoms with Gasteiger partial charge in [0, 0.05) is 42.9 Å². The molecule has 2 aliphatic rings. The van der Waals surface area contributed by atoms with E-state index < -0.39 is 6.10 Å². The summed E-state index contributed by atoms with van der Waals surface area (Å²) in [6, 6.07) is 1.76. The zero-order valence-corrected chi connectivity index (χ0v) is 12.8. The third kappa shape index (κ3) is 3.39. The minimum absolute atomic E-state index is 0. The Morgan fingerprint density at radius 3 is 2.62 bits per heavy atom. The van der Waals surface area contributed by atoms with E-state index in [4.69, 9.17) is 5.73 Å². The molecule has 3 atom stereocenters. The number of H-pyrrole nitrogens is 1. The summed E-state index contributed by atoms with van der Waals surface area (Å²) in [5.74, 6) is 0.543. The van der Waals surface area contributed by atoms with Crippen LogP contribution in [0.1, 0.15) is 37.3 Å². The lowest BCUT2D eigenvalue weighted by atomic mass is 9.92. The predicted molar refractivity (Wildman–Crippen MR) is 81.1 cm³/mol. The van der Waals surface area contributed by atoms with E-state index in [2.05, 4.69) is 10.2 Å². The van der Waals surface area contributed by atoms with Crippen molar-refractivity contribution in [3.8, 4) is 0 Å². The lowest BCUT2D eigenvalue weighted by Crippen LogP contribution is -2.41. The summed E-state index contributed by atoms with van der Waals surface area (Å²) in [6.45, 7) is 1.56. The van der Waals surface area contributed by atoms with Gasteiger partial charge in [0.2, 0.25) is 5.91 Å². The number of carbonyl (C=O) groups is 1. The SMILES string of the molecule is Cl.N[C@H]1C[C@H](C(=O)N2CCC(c3ccn[nH]3)CC2)C[C@@H]1O.